The number of carbonyl (C=O) groups is 3. The van der Waals surface area contributed by atoms with Crippen molar-refractivity contribution in [1.82, 2.24) is 0 Å². The average molecular weight is 883 g/mol. The minimum Gasteiger partial charge on any atom is -0.462 e. The second-order valence-corrected chi connectivity index (χ2v) is 16.1. The Hall–Kier alpha value is -4.45. The molecule has 0 rings (SSSR count). The maximum Gasteiger partial charge on any atom is 0.306 e. The highest BCUT2D eigenvalue weighted by Gasteiger charge is 2.19. The van der Waals surface area contributed by atoms with Gasteiger partial charge >= 0.3 is 17.9 Å². The molecule has 0 spiro atoms. The Morgan fingerprint density at radius 3 is 1.17 bits per heavy atom. The Labute approximate surface area is 392 Å². The van der Waals surface area contributed by atoms with Crippen molar-refractivity contribution in [3.05, 3.63) is 134 Å². The van der Waals surface area contributed by atoms with Crippen LogP contribution in [0.3, 0.4) is 0 Å². The molecule has 358 valence electrons. The third kappa shape index (κ3) is 48.6. The number of ether oxygens (including phenoxy) is 3. The highest BCUT2D eigenvalue weighted by Crippen LogP contribution is 2.12. The quantitative estimate of drug-likeness (QED) is 0.0200. The van der Waals surface area contributed by atoms with Crippen molar-refractivity contribution in [2.75, 3.05) is 13.2 Å². The summed E-state index contributed by atoms with van der Waals surface area (Å²) in [7, 11) is 0. The number of unbranched alkanes of at least 4 members (excludes halogenated alkanes) is 16. The molecule has 6 nitrogen and oxygen atoms in total. The summed E-state index contributed by atoms with van der Waals surface area (Å²) in [5, 5.41) is 0. The Balaban J connectivity index is 4.57. The maximum absolute atomic E-state index is 12.8. The zero-order chi connectivity index (χ0) is 46.5. The lowest BCUT2D eigenvalue weighted by Crippen LogP contribution is -2.30. The van der Waals surface area contributed by atoms with Crippen LogP contribution in [0.1, 0.15) is 194 Å². The molecule has 0 aromatic heterocycles. The highest BCUT2D eigenvalue weighted by molar-refractivity contribution is 5.71. The topological polar surface area (TPSA) is 78.9 Å². The minimum atomic E-state index is -0.817. The number of carbonyl (C=O) groups excluding carboxylic acids is 3. The van der Waals surface area contributed by atoms with Crippen molar-refractivity contribution in [3.63, 3.8) is 0 Å². The first kappa shape index (κ1) is 59.5. The molecule has 0 amide bonds. The van der Waals surface area contributed by atoms with E-state index in [4.69, 9.17) is 14.2 Å². The van der Waals surface area contributed by atoms with E-state index < -0.39 is 6.10 Å². The molecule has 0 bridgehead atoms. The average Bonchev–Trinajstić information content (AvgIpc) is 3.29. The van der Waals surface area contributed by atoms with Gasteiger partial charge < -0.3 is 14.2 Å². The van der Waals surface area contributed by atoms with E-state index in [2.05, 4.69) is 93.7 Å². The van der Waals surface area contributed by atoms with Gasteiger partial charge in [-0.2, -0.15) is 0 Å². The number of hydrogen-bond acceptors (Lipinski definition) is 6. The summed E-state index contributed by atoms with van der Waals surface area (Å²) < 4.78 is 16.7. The van der Waals surface area contributed by atoms with Crippen molar-refractivity contribution in [2.24, 2.45) is 0 Å². The van der Waals surface area contributed by atoms with Gasteiger partial charge in [0, 0.05) is 19.3 Å². The lowest BCUT2D eigenvalue weighted by Gasteiger charge is -2.18. The first-order chi connectivity index (χ1) is 31.5. The molecule has 0 aliphatic carbocycles. The monoisotopic (exact) mass is 883 g/mol. The number of hydrogen-bond donors (Lipinski definition) is 0. The van der Waals surface area contributed by atoms with E-state index >= 15 is 0 Å². The number of rotatable bonds is 43. The normalized spacial score (nSPS) is 13.2. The molecular formula is C58H90O6. The van der Waals surface area contributed by atoms with Crippen LogP contribution in [0, 0.1) is 0 Å². The van der Waals surface area contributed by atoms with E-state index in [0.717, 1.165) is 122 Å². The molecule has 0 fully saturated rings. The molecule has 64 heavy (non-hydrogen) atoms. The maximum atomic E-state index is 12.8. The Morgan fingerprint density at radius 2 is 0.688 bits per heavy atom. The van der Waals surface area contributed by atoms with Crippen LogP contribution in [0.2, 0.25) is 0 Å². The van der Waals surface area contributed by atoms with Gasteiger partial charge in [0.1, 0.15) is 13.2 Å². The summed E-state index contributed by atoms with van der Waals surface area (Å²) in [6.45, 7) is 6.26. The zero-order valence-electron chi connectivity index (χ0n) is 40.7. The van der Waals surface area contributed by atoms with Gasteiger partial charge in [0.2, 0.25) is 0 Å². The molecule has 0 heterocycles. The van der Waals surface area contributed by atoms with E-state index in [0.29, 0.717) is 19.3 Å². The third-order valence-corrected chi connectivity index (χ3v) is 10.1. The van der Waals surface area contributed by atoms with E-state index in [1.807, 2.05) is 60.8 Å². The number of esters is 3. The van der Waals surface area contributed by atoms with E-state index in [1.165, 1.54) is 32.1 Å². The van der Waals surface area contributed by atoms with Crippen LogP contribution < -0.4 is 0 Å². The molecule has 0 saturated heterocycles. The van der Waals surface area contributed by atoms with Gasteiger partial charge in [-0.15, -0.1) is 0 Å². The van der Waals surface area contributed by atoms with Gasteiger partial charge in [-0.1, -0.05) is 212 Å². The largest absolute Gasteiger partial charge is 0.462 e. The predicted octanol–water partition coefficient (Wildman–Crippen LogP) is 16.7. The smallest absolute Gasteiger partial charge is 0.306 e. The van der Waals surface area contributed by atoms with E-state index in [9.17, 15) is 14.4 Å². The molecule has 0 N–H and O–H groups in total. The van der Waals surface area contributed by atoms with E-state index in [1.54, 1.807) is 0 Å². The second kappa shape index (κ2) is 51.2. The fourth-order valence-electron chi connectivity index (χ4n) is 6.30. The predicted molar refractivity (Wildman–Crippen MR) is 274 cm³/mol. The van der Waals surface area contributed by atoms with Crippen molar-refractivity contribution in [3.8, 4) is 0 Å². The van der Waals surface area contributed by atoms with Gasteiger partial charge in [-0.05, 0) is 96.3 Å². The van der Waals surface area contributed by atoms with Crippen LogP contribution >= 0.6 is 0 Å². The third-order valence-electron chi connectivity index (χ3n) is 10.1. The van der Waals surface area contributed by atoms with Gasteiger partial charge in [-0.25, -0.2) is 0 Å². The highest BCUT2D eigenvalue weighted by atomic mass is 16.6. The summed E-state index contributed by atoms with van der Waals surface area (Å²) in [4.78, 5) is 38.0. The molecular weight excluding hydrogens is 793 g/mol. The Bertz CT molecular complexity index is 1430. The minimum absolute atomic E-state index is 0.114. The zero-order valence-corrected chi connectivity index (χ0v) is 40.7. The molecule has 0 saturated carbocycles. The van der Waals surface area contributed by atoms with E-state index in [-0.39, 0.29) is 31.1 Å². The van der Waals surface area contributed by atoms with Crippen LogP contribution in [0.25, 0.3) is 0 Å². The second-order valence-electron chi connectivity index (χ2n) is 16.1. The van der Waals surface area contributed by atoms with Gasteiger partial charge in [0.05, 0.1) is 0 Å². The Kier molecular flexibility index (Phi) is 47.6. The van der Waals surface area contributed by atoms with Crippen molar-refractivity contribution < 1.29 is 28.6 Å². The molecule has 6 heteroatoms. The number of allylic oxidation sites excluding steroid dienone is 22. The summed E-state index contributed by atoms with van der Waals surface area (Å²) in [6, 6.07) is 0. The molecule has 0 aromatic rings. The lowest BCUT2D eigenvalue weighted by atomic mass is 10.1. The fourth-order valence-corrected chi connectivity index (χ4v) is 6.30. The standard InChI is InChI=1S/C58H90O6/c1-4-7-10-13-16-19-22-25-28-29-31-33-36-39-42-45-48-51-57(60)63-54-55(53-62-56(59)50-47-44-41-38-35-32-27-24-21-18-15-12-9-6-3)64-58(61)52-49-46-43-40-37-34-30-26-23-20-17-14-11-8-5-2/h7,9-10,12-13,16-23,25-29,31-33,36,55H,4-6,8,11,14-15,24,30,34-35,37-54H2,1-3H3/b10-7-,12-9-,16-13-,20-17-,21-18-,22-19-,26-23-,28-25-,31-29+,32-27-,36-33-. The molecule has 0 aliphatic rings. The van der Waals surface area contributed by atoms with Crippen LogP contribution in [-0.2, 0) is 28.6 Å². The first-order valence-corrected chi connectivity index (χ1v) is 25.3. The van der Waals surface area contributed by atoms with Crippen LogP contribution in [0.5, 0.6) is 0 Å². The fraction of sp³-hybridized carbons (Fsp3) is 0.569. The summed E-state index contributed by atoms with van der Waals surface area (Å²) in [5.74, 6) is -1.00. The molecule has 0 aliphatic heterocycles. The summed E-state index contributed by atoms with van der Waals surface area (Å²) in [6.07, 6.45) is 71.4. The Morgan fingerprint density at radius 1 is 0.344 bits per heavy atom. The van der Waals surface area contributed by atoms with Crippen molar-refractivity contribution in [2.45, 2.75) is 200 Å². The molecule has 1 atom stereocenters. The van der Waals surface area contributed by atoms with Crippen molar-refractivity contribution in [1.29, 1.82) is 0 Å². The van der Waals surface area contributed by atoms with Crippen LogP contribution in [0.15, 0.2) is 134 Å². The van der Waals surface area contributed by atoms with Gasteiger partial charge in [0.25, 0.3) is 0 Å². The lowest BCUT2D eigenvalue weighted by molar-refractivity contribution is -0.167. The summed E-state index contributed by atoms with van der Waals surface area (Å²) >= 11 is 0. The molecule has 1 unspecified atom stereocenters. The molecule has 0 radical (unpaired) electrons. The summed E-state index contributed by atoms with van der Waals surface area (Å²) in [5.41, 5.74) is 0. The van der Waals surface area contributed by atoms with Gasteiger partial charge in [-0.3, -0.25) is 14.4 Å². The van der Waals surface area contributed by atoms with Crippen molar-refractivity contribution >= 4 is 17.9 Å². The van der Waals surface area contributed by atoms with Crippen LogP contribution in [0.4, 0.5) is 0 Å². The molecule has 0 aromatic carbocycles. The SMILES string of the molecule is CC\C=C/C=C\C=C/C=C\C=C\C=C/CCCCCC(=O)OCC(COC(=O)CCCCCC/C=C\C/C=C\C/C=C\CC)OC(=O)CCCCCCCC/C=C\C=C/CCCCC. The van der Waals surface area contributed by atoms with Gasteiger partial charge in [0.15, 0.2) is 6.10 Å². The van der Waals surface area contributed by atoms with Crippen LogP contribution in [-0.4, -0.2) is 37.2 Å². The first-order valence-electron chi connectivity index (χ1n) is 25.3.